The Morgan fingerprint density at radius 2 is 1.96 bits per heavy atom. The van der Waals surface area contributed by atoms with Crippen molar-refractivity contribution in [2.75, 3.05) is 26.2 Å². The third-order valence-corrected chi connectivity index (χ3v) is 4.24. The van der Waals surface area contributed by atoms with Crippen LogP contribution in [0.2, 0.25) is 0 Å². The Balaban J connectivity index is 2.09. The van der Waals surface area contributed by atoms with E-state index in [2.05, 4.69) is 10.4 Å². The lowest BCUT2D eigenvalue weighted by Gasteiger charge is -2.21. The Labute approximate surface area is 141 Å². The highest BCUT2D eigenvalue weighted by Crippen LogP contribution is 2.16. The predicted octanol–water partition coefficient (Wildman–Crippen LogP) is 1.49. The Morgan fingerprint density at radius 3 is 2.71 bits per heavy atom. The maximum absolute atomic E-state index is 13.0. The molecule has 1 aliphatic rings. The second-order valence-electron chi connectivity index (χ2n) is 6.67. The van der Waals surface area contributed by atoms with Gasteiger partial charge in [-0.2, -0.15) is 5.10 Å². The minimum Gasteiger partial charge on any atom is -0.336 e. The van der Waals surface area contributed by atoms with Crippen molar-refractivity contribution in [2.24, 2.45) is 5.92 Å². The maximum Gasteiger partial charge on any atom is 0.274 e. The molecule has 1 aromatic carbocycles. The molecule has 1 aromatic heterocycles. The smallest absolute Gasteiger partial charge is 0.274 e. The Bertz CT molecular complexity index is 789. The van der Waals surface area contributed by atoms with E-state index in [1.165, 1.54) is 4.68 Å². The molecule has 6 nitrogen and oxygen atoms in total. The van der Waals surface area contributed by atoms with Gasteiger partial charge in [0.2, 0.25) is 0 Å². The molecule has 0 unspecified atom stereocenters. The highest BCUT2D eigenvalue weighted by molar-refractivity contribution is 6.04. The number of benzene rings is 1. The first-order valence-corrected chi connectivity index (χ1v) is 8.58. The molecule has 1 amide bonds. The summed E-state index contributed by atoms with van der Waals surface area (Å²) in [4.78, 5) is 27.5. The fourth-order valence-corrected chi connectivity index (χ4v) is 3.06. The molecule has 0 saturated carbocycles. The summed E-state index contributed by atoms with van der Waals surface area (Å²) in [7, 11) is 0. The van der Waals surface area contributed by atoms with Gasteiger partial charge in [0.1, 0.15) is 0 Å². The molecule has 0 atom stereocenters. The van der Waals surface area contributed by atoms with Crippen LogP contribution in [0.15, 0.2) is 29.1 Å². The van der Waals surface area contributed by atoms with Crippen LogP contribution >= 0.6 is 0 Å². The van der Waals surface area contributed by atoms with Crippen LogP contribution in [0, 0.1) is 5.92 Å². The normalized spacial score (nSPS) is 15.7. The van der Waals surface area contributed by atoms with Gasteiger partial charge in [0.15, 0.2) is 5.69 Å². The number of carbonyl (C=O) groups is 1. The van der Waals surface area contributed by atoms with Crippen molar-refractivity contribution in [2.45, 2.75) is 26.8 Å². The Morgan fingerprint density at radius 1 is 1.21 bits per heavy atom. The third kappa shape index (κ3) is 3.33. The second-order valence-corrected chi connectivity index (χ2v) is 6.67. The summed E-state index contributed by atoms with van der Waals surface area (Å²) in [6.45, 7) is 7.66. The molecule has 24 heavy (non-hydrogen) atoms. The fourth-order valence-electron chi connectivity index (χ4n) is 3.06. The number of fused-ring (bicyclic) bond motifs is 1. The van der Waals surface area contributed by atoms with E-state index in [4.69, 9.17) is 0 Å². The van der Waals surface area contributed by atoms with Crippen LogP contribution in [0.1, 0.15) is 30.8 Å². The average Bonchev–Trinajstić information content (AvgIpc) is 2.86. The van der Waals surface area contributed by atoms with Gasteiger partial charge in [-0.25, -0.2) is 4.68 Å². The number of carbonyl (C=O) groups excluding carboxylic acids is 1. The molecule has 0 spiro atoms. The Hall–Kier alpha value is -2.21. The number of nitrogens with zero attached hydrogens (tertiary/aromatic N) is 3. The van der Waals surface area contributed by atoms with Gasteiger partial charge in [-0.1, -0.05) is 32.0 Å². The first kappa shape index (κ1) is 16.6. The summed E-state index contributed by atoms with van der Waals surface area (Å²) in [5.41, 5.74) is 0.251. The molecule has 6 heteroatoms. The van der Waals surface area contributed by atoms with E-state index >= 15 is 0 Å². The summed E-state index contributed by atoms with van der Waals surface area (Å²) >= 11 is 0. The Kier molecular flexibility index (Phi) is 4.94. The molecule has 1 N–H and O–H groups in total. The quantitative estimate of drug-likeness (QED) is 0.927. The van der Waals surface area contributed by atoms with E-state index in [0.717, 1.165) is 19.5 Å². The van der Waals surface area contributed by atoms with Gasteiger partial charge in [-0.05, 0) is 24.9 Å². The summed E-state index contributed by atoms with van der Waals surface area (Å²) in [6.07, 6.45) is 0.926. The number of nitrogens with one attached hydrogen (secondary N) is 1. The monoisotopic (exact) mass is 328 g/mol. The first-order valence-electron chi connectivity index (χ1n) is 8.58. The lowest BCUT2D eigenvalue weighted by molar-refractivity contribution is 0.0759. The van der Waals surface area contributed by atoms with Crippen molar-refractivity contribution in [3.8, 4) is 0 Å². The second kappa shape index (κ2) is 7.13. The zero-order valence-corrected chi connectivity index (χ0v) is 14.3. The minimum absolute atomic E-state index is 0.0904. The molecule has 2 heterocycles. The van der Waals surface area contributed by atoms with Crippen molar-refractivity contribution < 1.29 is 4.79 Å². The number of hydrogen-bond donors (Lipinski definition) is 1. The summed E-state index contributed by atoms with van der Waals surface area (Å²) in [5.74, 6) is 0.189. The highest BCUT2D eigenvalue weighted by atomic mass is 16.2. The van der Waals surface area contributed by atoms with Gasteiger partial charge < -0.3 is 10.2 Å². The van der Waals surface area contributed by atoms with Crippen molar-refractivity contribution in [3.05, 3.63) is 40.3 Å². The molecular formula is C18H24N4O2. The van der Waals surface area contributed by atoms with E-state index in [1.54, 1.807) is 6.07 Å². The summed E-state index contributed by atoms with van der Waals surface area (Å²) in [5, 5.41) is 8.94. The predicted molar refractivity (Wildman–Crippen MR) is 94.2 cm³/mol. The number of rotatable bonds is 3. The SMILES string of the molecule is CC(C)Cn1nc(C(=O)N2CCCNCC2)c2ccccc2c1=O. The molecule has 128 valence electrons. The van der Waals surface area contributed by atoms with Gasteiger partial charge >= 0.3 is 0 Å². The first-order chi connectivity index (χ1) is 11.6. The van der Waals surface area contributed by atoms with Crippen LogP contribution in [0.3, 0.4) is 0 Å². The van der Waals surface area contributed by atoms with Gasteiger partial charge in [-0.3, -0.25) is 9.59 Å². The van der Waals surface area contributed by atoms with E-state index in [0.29, 0.717) is 36.1 Å². The topological polar surface area (TPSA) is 67.2 Å². The van der Waals surface area contributed by atoms with Crippen molar-refractivity contribution in [1.29, 1.82) is 0 Å². The van der Waals surface area contributed by atoms with E-state index in [-0.39, 0.29) is 17.4 Å². The van der Waals surface area contributed by atoms with Crippen molar-refractivity contribution >= 4 is 16.7 Å². The molecule has 0 bridgehead atoms. The molecule has 2 aromatic rings. The average molecular weight is 328 g/mol. The summed E-state index contributed by atoms with van der Waals surface area (Å²) < 4.78 is 1.44. The molecule has 0 aliphatic carbocycles. The zero-order valence-electron chi connectivity index (χ0n) is 14.3. The number of hydrogen-bond acceptors (Lipinski definition) is 4. The van der Waals surface area contributed by atoms with Crippen LogP contribution in [-0.2, 0) is 6.54 Å². The van der Waals surface area contributed by atoms with Gasteiger partial charge in [-0.15, -0.1) is 0 Å². The van der Waals surface area contributed by atoms with Crippen LogP contribution in [-0.4, -0.2) is 46.8 Å². The van der Waals surface area contributed by atoms with Crippen LogP contribution in [0.5, 0.6) is 0 Å². The molecule has 1 fully saturated rings. The number of aromatic nitrogens is 2. The van der Waals surface area contributed by atoms with Gasteiger partial charge in [0.05, 0.1) is 5.39 Å². The lowest BCUT2D eigenvalue weighted by Crippen LogP contribution is -2.37. The molecule has 1 saturated heterocycles. The molecular weight excluding hydrogens is 304 g/mol. The number of amides is 1. The third-order valence-electron chi connectivity index (χ3n) is 4.24. The highest BCUT2D eigenvalue weighted by Gasteiger charge is 2.22. The largest absolute Gasteiger partial charge is 0.336 e. The van der Waals surface area contributed by atoms with Gasteiger partial charge in [0, 0.05) is 31.6 Å². The minimum atomic E-state index is -0.131. The fraction of sp³-hybridized carbons (Fsp3) is 0.500. The molecule has 0 radical (unpaired) electrons. The van der Waals surface area contributed by atoms with E-state index in [1.807, 2.05) is 36.9 Å². The van der Waals surface area contributed by atoms with Gasteiger partial charge in [0.25, 0.3) is 11.5 Å². The standard InChI is InChI=1S/C18H24N4O2/c1-13(2)12-22-17(23)15-7-4-3-6-14(15)16(20-22)18(24)21-10-5-8-19-9-11-21/h3-4,6-7,13,19H,5,8-12H2,1-2H3. The van der Waals surface area contributed by atoms with Crippen molar-refractivity contribution in [1.82, 2.24) is 20.0 Å². The maximum atomic E-state index is 13.0. The van der Waals surface area contributed by atoms with Crippen LogP contribution < -0.4 is 10.9 Å². The molecule has 1 aliphatic heterocycles. The van der Waals surface area contributed by atoms with Crippen LogP contribution in [0.4, 0.5) is 0 Å². The van der Waals surface area contributed by atoms with E-state index in [9.17, 15) is 9.59 Å². The van der Waals surface area contributed by atoms with Crippen LogP contribution in [0.25, 0.3) is 10.8 Å². The zero-order chi connectivity index (χ0) is 17.1. The lowest BCUT2D eigenvalue weighted by atomic mass is 10.1. The van der Waals surface area contributed by atoms with Crippen molar-refractivity contribution in [3.63, 3.8) is 0 Å². The van der Waals surface area contributed by atoms with E-state index < -0.39 is 0 Å². The molecule has 3 rings (SSSR count). The summed E-state index contributed by atoms with van der Waals surface area (Å²) in [6, 6.07) is 7.26.